The van der Waals surface area contributed by atoms with Crippen LogP contribution in [0.5, 0.6) is 5.75 Å². The van der Waals surface area contributed by atoms with E-state index >= 15 is 0 Å². The zero-order chi connectivity index (χ0) is 21.8. The van der Waals surface area contributed by atoms with Gasteiger partial charge in [0, 0.05) is 4.47 Å². The van der Waals surface area contributed by atoms with Crippen molar-refractivity contribution in [1.29, 1.82) is 0 Å². The number of ether oxygens (including phenoxy) is 1. The normalized spacial score (nSPS) is 13.1. The highest BCUT2D eigenvalue weighted by atomic mass is 79.9. The monoisotopic (exact) mass is 491 g/mol. The number of para-hydroxylation sites is 2. The number of thioether (sulfide) groups is 1. The van der Waals surface area contributed by atoms with Crippen LogP contribution in [0.4, 0.5) is 5.69 Å². The first-order valence-electron chi connectivity index (χ1n) is 9.29. The molecule has 3 aromatic rings. The summed E-state index contributed by atoms with van der Waals surface area (Å²) in [6, 6.07) is 12.4. The van der Waals surface area contributed by atoms with Crippen LogP contribution in [0, 0.1) is 0 Å². The standard InChI is InChI=1S/C21H22BrN3O4S/c1-12(26)11-25-20(28)15-10-14(22)8-9-16(15)24-21(25)30-13(2)19(27)23-17-6-4-5-7-18(17)29-3/h4-10,12-13,26H,11H2,1-3H3,(H,23,27)/t12-,13+/m1/s1. The van der Waals surface area contributed by atoms with Crippen molar-refractivity contribution in [1.82, 2.24) is 9.55 Å². The third-order valence-corrected chi connectivity index (χ3v) is 5.93. The van der Waals surface area contributed by atoms with Crippen LogP contribution in [0.25, 0.3) is 10.9 Å². The van der Waals surface area contributed by atoms with Crippen LogP contribution in [0.1, 0.15) is 13.8 Å². The highest BCUT2D eigenvalue weighted by Gasteiger charge is 2.21. The summed E-state index contributed by atoms with van der Waals surface area (Å²) in [4.78, 5) is 30.4. The maximum atomic E-state index is 13.0. The van der Waals surface area contributed by atoms with Crippen molar-refractivity contribution in [2.75, 3.05) is 12.4 Å². The van der Waals surface area contributed by atoms with Crippen molar-refractivity contribution in [2.45, 2.75) is 36.9 Å². The van der Waals surface area contributed by atoms with Crippen LogP contribution in [0.2, 0.25) is 0 Å². The molecule has 0 bridgehead atoms. The first kappa shape index (κ1) is 22.3. The molecule has 0 aliphatic rings. The second-order valence-electron chi connectivity index (χ2n) is 6.77. The zero-order valence-corrected chi connectivity index (χ0v) is 19.2. The van der Waals surface area contributed by atoms with Gasteiger partial charge in [0.2, 0.25) is 5.91 Å². The smallest absolute Gasteiger partial charge is 0.262 e. The second kappa shape index (κ2) is 9.63. The molecule has 0 unspecified atom stereocenters. The molecule has 158 valence electrons. The van der Waals surface area contributed by atoms with Gasteiger partial charge in [0.25, 0.3) is 5.56 Å². The number of anilines is 1. The molecule has 1 aromatic heterocycles. The minimum atomic E-state index is -0.744. The number of halogens is 1. The summed E-state index contributed by atoms with van der Waals surface area (Å²) in [5.41, 5.74) is 0.835. The SMILES string of the molecule is COc1ccccc1NC(=O)[C@H](C)Sc1nc2ccc(Br)cc2c(=O)n1C[C@@H](C)O. The summed E-state index contributed by atoms with van der Waals surface area (Å²) in [5, 5.41) is 13.0. The van der Waals surface area contributed by atoms with E-state index in [1.54, 1.807) is 50.2 Å². The number of hydrogen-bond acceptors (Lipinski definition) is 6. The first-order valence-corrected chi connectivity index (χ1v) is 11.0. The molecule has 0 spiro atoms. The van der Waals surface area contributed by atoms with Gasteiger partial charge in [0.1, 0.15) is 5.75 Å². The summed E-state index contributed by atoms with van der Waals surface area (Å²) in [6.07, 6.45) is -0.744. The lowest BCUT2D eigenvalue weighted by molar-refractivity contribution is -0.115. The number of nitrogens with one attached hydrogen (secondary N) is 1. The number of fused-ring (bicyclic) bond motifs is 1. The summed E-state index contributed by atoms with van der Waals surface area (Å²) >= 11 is 4.53. The van der Waals surface area contributed by atoms with E-state index in [2.05, 4.69) is 26.2 Å². The van der Waals surface area contributed by atoms with Crippen molar-refractivity contribution in [3.05, 3.63) is 57.3 Å². The molecular formula is C21H22BrN3O4S. The third kappa shape index (κ3) is 5.03. The van der Waals surface area contributed by atoms with Crippen molar-refractivity contribution >= 4 is 50.2 Å². The number of methoxy groups -OCH3 is 1. The quantitative estimate of drug-likeness (QED) is 0.386. The molecular weight excluding hydrogens is 470 g/mol. The van der Waals surface area contributed by atoms with Crippen LogP contribution >= 0.6 is 27.7 Å². The molecule has 2 atom stereocenters. The minimum absolute atomic E-state index is 0.0808. The number of rotatable bonds is 7. The topological polar surface area (TPSA) is 93.5 Å². The Labute approximate surface area is 186 Å². The average molecular weight is 492 g/mol. The lowest BCUT2D eigenvalue weighted by Gasteiger charge is -2.18. The van der Waals surface area contributed by atoms with Gasteiger partial charge < -0.3 is 15.2 Å². The Kier molecular flexibility index (Phi) is 7.17. The predicted octanol–water partition coefficient (Wildman–Crippen LogP) is 3.67. The lowest BCUT2D eigenvalue weighted by Crippen LogP contribution is -2.29. The Morgan fingerprint density at radius 1 is 1.30 bits per heavy atom. The van der Waals surface area contributed by atoms with Gasteiger partial charge in [-0.25, -0.2) is 4.98 Å². The molecule has 0 aliphatic heterocycles. The van der Waals surface area contributed by atoms with Crippen molar-refractivity contribution in [2.24, 2.45) is 0 Å². The lowest BCUT2D eigenvalue weighted by atomic mass is 10.2. The number of aliphatic hydroxyl groups excluding tert-OH is 1. The molecule has 0 radical (unpaired) electrons. The van der Waals surface area contributed by atoms with Gasteiger partial charge in [-0.05, 0) is 44.2 Å². The molecule has 3 rings (SSSR count). The van der Waals surface area contributed by atoms with Crippen LogP contribution in [0.15, 0.2) is 56.9 Å². The molecule has 0 fully saturated rings. The number of nitrogens with zero attached hydrogens (tertiary/aromatic N) is 2. The average Bonchev–Trinajstić information content (AvgIpc) is 2.71. The number of aliphatic hydroxyl groups is 1. The molecule has 2 N–H and O–H groups in total. The van der Waals surface area contributed by atoms with Crippen LogP contribution in [-0.2, 0) is 11.3 Å². The maximum absolute atomic E-state index is 13.0. The fourth-order valence-electron chi connectivity index (χ4n) is 2.88. The van der Waals surface area contributed by atoms with Crippen LogP contribution < -0.4 is 15.6 Å². The van der Waals surface area contributed by atoms with E-state index in [0.29, 0.717) is 27.5 Å². The first-order chi connectivity index (χ1) is 14.3. The number of carbonyl (C=O) groups excluding carboxylic acids is 1. The van der Waals surface area contributed by atoms with Gasteiger partial charge in [0.15, 0.2) is 5.16 Å². The second-order valence-corrected chi connectivity index (χ2v) is 8.99. The van der Waals surface area contributed by atoms with Crippen LogP contribution in [-0.4, -0.2) is 39.0 Å². The van der Waals surface area contributed by atoms with Gasteiger partial charge in [-0.1, -0.05) is 39.8 Å². The number of benzene rings is 2. The molecule has 7 nitrogen and oxygen atoms in total. The third-order valence-electron chi connectivity index (χ3n) is 4.34. The minimum Gasteiger partial charge on any atom is -0.495 e. The fourth-order valence-corrected chi connectivity index (χ4v) is 4.16. The molecule has 1 heterocycles. The Morgan fingerprint density at radius 3 is 2.73 bits per heavy atom. The van der Waals surface area contributed by atoms with Gasteiger partial charge in [-0.2, -0.15) is 0 Å². The van der Waals surface area contributed by atoms with E-state index in [0.717, 1.165) is 16.2 Å². The molecule has 0 saturated heterocycles. The fraction of sp³-hybridized carbons (Fsp3) is 0.286. The summed E-state index contributed by atoms with van der Waals surface area (Å²) < 4.78 is 7.45. The van der Waals surface area contributed by atoms with E-state index in [-0.39, 0.29) is 18.0 Å². The Morgan fingerprint density at radius 2 is 2.03 bits per heavy atom. The summed E-state index contributed by atoms with van der Waals surface area (Å²) in [5.74, 6) is 0.307. The molecule has 0 aliphatic carbocycles. The highest BCUT2D eigenvalue weighted by Crippen LogP contribution is 2.27. The Hall–Kier alpha value is -2.36. The van der Waals surface area contributed by atoms with Gasteiger partial charge in [-0.3, -0.25) is 14.2 Å². The van der Waals surface area contributed by atoms with E-state index in [1.165, 1.54) is 11.7 Å². The zero-order valence-electron chi connectivity index (χ0n) is 16.8. The molecule has 1 amide bonds. The number of amides is 1. The summed E-state index contributed by atoms with van der Waals surface area (Å²) in [6.45, 7) is 3.42. The van der Waals surface area contributed by atoms with E-state index in [9.17, 15) is 14.7 Å². The van der Waals surface area contributed by atoms with E-state index in [4.69, 9.17) is 4.74 Å². The van der Waals surface area contributed by atoms with Crippen molar-refractivity contribution < 1.29 is 14.6 Å². The summed E-state index contributed by atoms with van der Waals surface area (Å²) in [7, 11) is 1.54. The Balaban J connectivity index is 1.92. The van der Waals surface area contributed by atoms with Crippen molar-refractivity contribution in [3.8, 4) is 5.75 Å². The van der Waals surface area contributed by atoms with Gasteiger partial charge >= 0.3 is 0 Å². The maximum Gasteiger partial charge on any atom is 0.262 e. The molecule has 0 saturated carbocycles. The van der Waals surface area contributed by atoms with E-state index in [1.807, 2.05) is 6.07 Å². The molecule has 2 aromatic carbocycles. The molecule has 30 heavy (non-hydrogen) atoms. The predicted molar refractivity (Wildman–Crippen MR) is 122 cm³/mol. The van der Waals surface area contributed by atoms with Gasteiger partial charge in [-0.15, -0.1) is 0 Å². The number of carbonyl (C=O) groups is 1. The number of aromatic nitrogens is 2. The van der Waals surface area contributed by atoms with Crippen LogP contribution in [0.3, 0.4) is 0 Å². The highest BCUT2D eigenvalue weighted by molar-refractivity contribution is 9.10. The van der Waals surface area contributed by atoms with E-state index < -0.39 is 11.4 Å². The van der Waals surface area contributed by atoms with Crippen molar-refractivity contribution in [3.63, 3.8) is 0 Å². The van der Waals surface area contributed by atoms with Gasteiger partial charge in [0.05, 0.1) is 41.6 Å². The largest absolute Gasteiger partial charge is 0.495 e. The number of hydrogen-bond donors (Lipinski definition) is 2. The molecule has 9 heteroatoms. The Bertz CT molecular complexity index is 1130.